The van der Waals surface area contributed by atoms with E-state index < -0.39 is 18.3 Å². The monoisotopic (exact) mass is 164 g/mol. The van der Waals surface area contributed by atoms with Crippen molar-refractivity contribution in [3.63, 3.8) is 0 Å². The van der Waals surface area contributed by atoms with E-state index in [1.165, 1.54) is 0 Å². The van der Waals surface area contributed by atoms with Gasteiger partial charge in [0.15, 0.2) is 0 Å². The van der Waals surface area contributed by atoms with Crippen LogP contribution in [0.25, 0.3) is 0 Å². The van der Waals surface area contributed by atoms with Gasteiger partial charge >= 0.3 is 0 Å². The van der Waals surface area contributed by atoms with E-state index in [-0.39, 0.29) is 5.25 Å². The molecule has 1 rings (SSSR count). The average molecular weight is 164 g/mol. The van der Waals surface area contributed by atoms with Crippen molar-refractivity contribution in [2.75, 3.05) is 6.61 Å². The van der Waals surface area contributed by atoms with Crippen LogP contribution in [0.4, 0.5) is 0 Å². The maximum absolute atomic E-state index is 9.27. The van der Waals surface area contributed by atoms with Crippen molar-refractivity contribution >= 4 is 12.6 Å². The van der Waals surface area contributed by atoms with E-state index in [1.807, 2.05) is 0 Å². The summed E-state index contributed by atoms with van der Waals surface area (Å²) in [6, 6.07) is 0. The molecule has 10 heavy (non-hydrogen) atoms. The second-order valence-electron chi connectivity index (χ2n) is 2.60. The Bertz CT molecular complexity index is 118. The lowest BCUT2D eigenvalue weighted by molar-refractivity contribution is -0.0369. The zero-order chi connectivity index (χ0) is 7.72. The molecule has 60 valence electrons. The fourth-order valence-corrected chi connectivity index (χ4v) is 1.31. The predicted molar refractivity (Wildman–Crippen MR) is 40.2 cm³/mol. The van der Waals surface area contributed by atoms with Crippen LogP contribution in [0.3, 0.4) is 0 Å². The molecular weight excluding hydrogens is 152 g/mol. The highest BCUT2D eigenvalue weighted by molar-refractivity contribution is 7.81. The van der Waals surface area contributed by atoms with Gasteiger partial charge in [0.25, 0.3) is 0 Å². The Balaban J connectivity index is 2.49. The summed E-state index contributed by atoms with van der Waals surface area (Å²) < 4.78 is 5.06. The normalized spacial score (nSPS) is 43.8. The molecule has 1 aliphatic rings. The van der Waals surface area contributed by atoms with E-state index >= 15 is 0 Å². The average Bonchev–Trinajstić information content (AvgIpc) is 2.14. The Morgan fingerprint density at radius 1 is 1.70 bits per heavy atom. The number of hydrogen-bond donors (Lipinski definition) is 3. The Labute approximate surface area is 65.4 Å². The summed E-state index contributed by atoms with van der Waals surface area (Å²) in [4.78, 5) is 0. The van der Waals surface area contributed by atoms with Crippen LogP contribution >= 0.6 is 12.6 Å². The molecule has 4 atom stereocenters. The molecule has 3 nitrogen and oxygen atoms in total. The van der Waals surface area contributed by atoms with Gasteiger partial charge in [-0.1, -0.05) is 0 Å². The fraction of sp³-hybridized carbons (Fsp3) is 1.00. The predicted octanol–water partition coefficient (Wildman–Crippen LogP) is -0.575. The highest BCUT2D eigenvalue weighted by Crippen LogP contribution is 2.20. The van der Waals surface area contributed by atoms with Crippen molar-refractivity contribution in [1.82, 2.24) is 0 Å². The van der Waals surface area contributed by atoms with E-state index in [0.717, 1.165) is 0 Å². The van der Waals surface area contributed by atoms with Crippen molar-refractivity contribution in [1.29, 1.82) is 0 Å². The third-order valence-corrected chi connectivity index (χ3v) is 2.12. The highest BCUT2D eigenvalue weighted by atomic mass is 32.1. The summed E-state index contributed by atoms with van der Waals surface area (Å²) in [5, 5.41) is 18.1. The molecule has 1 heterocycles. The standard InChI is InChI=1S/C6H12O3S/c1-3(7)6-5(8)4(10)2-9-6/h3-8,10H,2H2,1H3/t3?,4-,5-,6+/m0/s1. The van der Waals surface area contributed by atoms with Crippen molar-refractivity contribution in [2.24, 2.45) is 0 Å². The minimum absolute atomic E-state index is 0.153. The van der Waals surface area contributed by atoms with Crippen LogP contribution in [-0.2, 0) is 4.74 Å². The van der Waals surface area contributed by atoms with Gasteiger partial charge < -0.3 is 14.9 Å². The van der Waals surface area contributed by atoms with Gasteiger partial charge in [0.05, 0.1) is 24.1 Å². The lowest BCUT2D eigenvalue weighted by atomic mass is 10.1. The number of aliphatic hydroxyl groups is 2. The van der Waals surface area contributed by atoms with Gasteiger partial charge in [0.1, 0.15) is 6.10 Å². The third-order valence-electron chi connectivity index (χ3n) is 1.67. The number of rotatable bonds is 1. The summed E-state index contributed by atoms with van der Waals surface area (Å²) in [5.74, 6) is 0. The van der Waals surface area contributed by atoms with E-state index in [1.54, 1.807) is 6.92 Å². The van der Waals surface area contributed by atoms with Gasteiger partial charge in [0.2, 0.25) is 0 Å². The lowest BCUT2D eigenvalue weighted by Gasteiger charge is -2.17. The molecule has 0 aromatic carbocycles. The molecule has 1 saturated heterocycles. The smallest absolute Gasteiger partial charge is 0.110 e. The molecule has 1 fully saturated rings. The topological polar surface area (TPSA) is 49.7 Å². The summed E-state index contributed by atoms with van der Waals surface area (Å²) in [5.41, 5.74) is 0. The molecule has 1 aliphatic heterocycles. The molecule has 0 spiro atoms. The van der Waals surface area contributed by atoms with Crippen LogP contribution in [0.2, 0.25) is 0 Å². The fourth-order valence-electron chi connectivity index (χ4n) is 1.05. The summed E-state index contributed by atoms with van der Waals surface area (Å²) in [7, 11) is 0. The second-order valence-corrected chi connectivity index (χ2v) is 3.26. The summed E-state index contributed by atoms with van der Waals surface area (Å²) in [6.07, 6.45) is -1.71. The van der Waals surface area contributed by atoms with Crippen molar-refractivity contribution < 1.29 is 14.9 Å². The SMILES string of the molecule is CC(O)[C@H]1OC[C@H](S)[C@@H]1O. The first-order valence-corrected chi connectivity index (χ1v) is 3.80. The highest BCUT2D eigenvalue weighted by Gasteiger charge is 2.36. The Kier molecular flexibility index (Phi) is 2.57. The maximum atomic E-state index is 9.27. The third kappa shape index (κ3) is 1.45. The van der Waals surface area contributed by atoms with E-state index in [9.17, 15) is 5.11 Å². The Morgan fingerprint density at radius 2 is 2.30 bits per heavy atom. The molecule has 0 radical (unpaired) electrons. The summed E-state index contributed by atoms with van der Waals surface area (Å²) in [6.45, 7) is 2.01. The molecular formula is C6H12O3S. The van der Waals surface area contributed by atoms with Crippen LogP contribution in [0, 0.1) is 0 Å². The molecule has 0 amide bonds. The van der Waals surface area contributed by atoms with Crippen LogP contribution in [0.5, 0.6) is 0 Å². The van der Waals surface area contributed by atoms with Gasteiger partial charge in [-0.15, -0.1) is 0 Å². The van der Waals surface area contributed by atoms with Gasteiger partial charge in [-0.25, -0.2) is 0 Å². The number of ether oxygens (including phenoxy) is 1. The quantitative estimate of drug-likeness (QED) is 0.455. The Morgan fingerprint density at radius 3 is 2.50 bits per heavy atom. The van der Waals surface area contributed by atoms with Crippen molar-refractivity contribution in [3.05, 3.63) is 0 Å². The minimum atomic E-state index is -0.636. The van der Waals surface area contributed by atoms with Crippen LogP contribution in [0.1, 0.15) is 6.92 Å². The van der Waals surface area contributed by atoms with Crippen LogP contribution in [-0.4, -0.2) is 40.4 Å². The van der Waals surface area contributed by atoms with Gasteiger partial charge in [0, 0.05) is 0 Å². The van der Waals surface area contributed by atoms with E-state index in [0.29, 0.717) is 6.61 Å². The first kappa shape index (κ1) is 8.33. The molecule has 2 N–H and O–H groups in total. The van der Waals surface area contributed by atoms with Gasteiger partial charge in [-0.3, -0.25) is 0 Å². The maximum Gasteiger partial charge on any atom is 0.110 e. The van der Waals surface area contributed by atoms with Crippen LogP contribution < -0.4 is 0 Å². The zero-order valence-electron chi connectivity index (χ0n) is 5.77. The van der Waals surface area contributed by atoms with Crippen molar-refractivity contribution in [2.45, 2.75) is 30.5 Å². The van der Waals surface area contributed by atoms with E-state index in [2.05, 4.69) is 12.6 Å². The first-order valence-electron chi connectivity index (χ1n) is 3.28. The molecule has 0 aliphatic carbocycles. The number of aliphatic hydroxyl groups excluding tert-OH is 2. The minimum Gasteiger partial charge on any atom is -0.391 e. The second kappa shape index (κ2) is 3.09. The molecule has 1 unspecified atom stereocenters. The number of thiol groups is 1. The number of hydrogen-bond acceptors (Lipinski definition) is 4. The molecule has 0 bridgehead atoms. The first-order chi connectivity index (χ1) is 4.63. The van der Waals surface area contributed by atoms with E-state index in [4.69, 9.17) is 9.84 Å². The van der Waals surface area contributed by atoms with Gasteiger partial charge in [-0.05, 0) is 6.92 Å². The zero-order valence-corrected chi connectivity index (χ0v) is 6.66. The molecule has 4 heteroatoms. The van der Waals surface area contributed by atoms with Crippen molar-refractivity contribution in [3.8, 4) is 0 Å². The molecule has 0 aromatic rings. The largest absolute Gasteiger partial charge is 0.391 e. The Hall–Kier alpha value is 0.230. The molecule has 0 aromatic heterocycles. The van der Waals surface area contributed by atoms with Gasteiger partial charge in [-0.2, -0.15) is 12.6 Å². The summed E-state index contributed by atoms with van der Waals surface area (Å²) >= 11 is 4.06. The van der Waals surface area contributed by atoms with Crippen LogP contribution in [0.15, 0.2) is 0 Å². The lowest BCUT2D eigenvalue weighted by Crippen LogP contribution is -2.35. The molecule has 0 saturated carbocycles.